The number of benzene rings is 1. The van der Waals surface area contributed by atoms with Crippen molar-refractivity contribution in [3.8, 4) is 17.0 Å². The first kappa shape index (κ1) is 13.7. The van der Waals surface area contributed by atoms with E-state index in [0.717, 1.165) is 35.4 Å². The van der Waals surface area contributed by atoms with Crippen LogP contribution in [0.15, 0.2) is 24.3 Å². The summed E-state index contributed by atoms with van der Waals surface area (Å²) in [6, 6.07) is 7.78. The minimum atomic E-state index is -0.437. The van der Waals surface area contributed by atoms with Gasteiger partial charge in [0.1, 0.15) is 11.3 Å². The third-order valence-corrected chi connectivity index (χ3v) is 4.18. The third kappa shape index (κ3) is 1.97. The highest BCUT2D eigenvalue weighted by Crippen LogP contribution is 2.36. The van der Waals surface area contributed by atoms with E-state index in [0.29, 0.717) is 11.2 Å². The largest absolute Gasteiger partial charge is 0.497 e. The van der Waals surface area contributed by atoms with Crippen LogP contribution in [0.1, 0.15) is 21.5 Å². The Balaban J connectivity index is 2.01. The maximum Gasteiger partial charge on any atom is 0.341 e. The molecule has 0 amide bonds. The smallest absolute Gasteiger partial charge is 0.341 e. The number of ether oxygens (including phenoxy) is 2. The summed E-state index contributed by atoms with van der Waals surface area (Å²) in [7, 11) is 3.00. The Morgan fingerprint density at radius 3 is 2.78 bits per heavy atom. The average Bonchev–Trinajstić information content (AvgIpc) is 3.08. The highest BCUT2D eigenvalue weighted by molar-refractivity contribution is 5.97. The lowest BCUT2D eigenvalue weighted by Crippen LogP contribution is -2.13. The number of aryl methyl sites for hydroxylation is 2. The van der Waals surface area contributed by atoms with E-state index >= 15 is 0 Å². The van der Waals surface area contributed by atoms with Crippen LogP contribution in [0.2, 0.25) is 0 Å². The summed E-state index contributed by atoms with van der Waals surface area (Å²) in [4.78, 5) is 12.0. The summed E-state index contributed by atoms with van der Waals surface area (Å²) >= 11 is 0. The van der Waals surface area contributed by atoms with Gasteiger partial charge in [0.2, 0.25) is 0 Å². The number of methoxy groups -OCH3 is 2. The first-order chi connectivity index (χ1) is 11.2. The molecule has 23 heavy (non-hydrogen) atoms. The Morgan fingerprint density at radius 2 is 2.00 bits per heavy atom. The molecule has 0 bridgehead atoms. The molecule has 4 rings (SSSR count). The van der Waals surface area contributed by atoms with Crippen LogP contribution >= 0.6 is 0 Å². The van der Waals surface area contributed by atoms with Gasteiger partial charge in [-0.25, -0.2) is 4.79 Å². The molecular weight excluding hydrogens is 296 g/mol. The molecule has 0 N–H and O–H groups in total. The van der Waals surface area contributed by atoms with Crippen LogP contribution in [-0.2, 0) is 17.6 Å². The van der Waals surface area contributed by atoms with Crippen LogP contribution in [-0.4, -0.2) is 40.2 Å². The van der Waals surface area contributed by atoms with Crippen molar-refractivity contribution in [3.05, 3.63) is 41.0 Å². The lowest BCUT2D eigenvalue weighted by Gasteiger charge is -2.21. The normalized spacial score (nSPS) is 12.6. The summed E-state index contributed by atoms with van der Waals surface area (Å²) in [6.07, 6.45) is 1.67. The fourth-order valence-electron chi connectivity index (χ4n) is 3.09. The third-order valence-electron chi connectivity index (χ3n) is 4.18. The van der Waals surface area contributed by atoms with Crippen molar-refractivity contribution >= 4 is 11.6 Å². The minimum Gasteiger partial charge on any atom is -0.497 e. The van der Waals surface area contributed by atoms with Gasteiger partial charge in [0.25, 0.3) is 0 Å². The van der Waals surface area contributed by atoms with Gasteiger partial charge in [0.15, 0.2) is 5.65 Å². The number of aromatic nitrogens is 4. The van der Waals surface area contributed by atoms with Gasteiger partial charge in [0, 0.05) is 5.56 Å². The topological polar surface area (TPSA) is 78.6 Å². The molecule has 7 heteroatoms. The maximum absolute atomic E-state index is 12.0. The van der Waals surface area contributed by atoms with E-state index in [1.807, 2.05) is 24.3 Å². The molecule has 0 radical (unpaired) electrons. The molecule has 0 atom stereocenters. The Kier molecular flexibility index (Phi) is 3.00. The second-order valence-electron chi connectivity index (χ2n) is 5.36. The number of hydrogen-bond donors (Lipinski definition) is 0. The van der Waals surface area contributed by atoms with Gasteiger partial charge < -0.3 is 9.47 Å². The predicted octanol–water partition coefficient (Wildman–Crippen LogP) is 1.69. The van der Waals surface area contributed by atoms with Gasteiger partial charge >= 0.3 is 5.97 Å². The van der Waals surface area contributed by atoms with Crippen LogP contribution in [0.5, 0.6) is 5.75 Å². The number of rotatable bonds is 2. The summed E-state index contributed by atoms with van der Waals surface area (Å²) in [6.45, 7) is 0. The fraction of sp³-hybridized carbons (Fsp3) is 0.250. The van der Waals surface area contributed by atoms with Crippen molar-refractivity contribution in [3.63, 3.8) is 0 Å². The molecule has 2 aromatic heterocycles. The number of hydrogen-bond acceptors (Lipinski definition) is 6. The first-order valence-electron chi connectivity index (χ1n) is 7.22. The standard InChI is InChI=1S/C16H14N4O3/c1-22-11-5-6-12-9(7-11)3-4-10-8-13(16(21)23-2)15-17-18-19-20(15)14(10)12/h5-8H,3-4H2,1-2H3. The summed E-state index contributed by atoms with van der Waals surface area (Å²) in [5.41, 5.74) is 4.97. The van der Waals surface area contributed by atoms with E-state index in [-0.39, 0.29) is 0 Å². The second kappa shape index (κ2) is 5.05. The quantitative estimate of drug-likeness (QED) is 0.670. The average molecular weight is 310 g/mol. The molecule has 0 saturated carbocycles. The second-order valence-corrected chi connectivity index (χ2v) is 5.36. The van der Waals surface area contributed by atoms with Gasteiger partial charge in [-0.1, -0.05) is 0 Å². The highest BCUT2D eigenvalue weighted by Gasteiger charge is 2.25. The van der Waals surface area contributed by atoms with Crippen molar-refractivity contribution in [2.45, 2.75) is 12.8 Å². The summed E-state index contributed by atoms with van der Waals surface area (Å²) < 4.78 is 11.8. The predicted molar refractivity (Wildman–Crippen MR) is 81.5 cm³/mol. The lowest BCUT2D eigenvalue weighted by molar-refractivity contribution is 0.0602. The Labute approximate surface area is 131 Å². The molecule has 7 nitrogen and oxygen atoms in total. The molecule has 3 aromatic rings. The van der Waals surface area contributed by atoms with Gasteiger partial charge in [0.05, 0.1) is 19.9 Å². The molecule has 0 unspecified atom stereocenters. The van der Waals surface area contributed by atoms with Crippen LogP contribution < -0.4 is 4.74 Å². The van der Waals surface area contributed by atoms with Crippen LogP contribution in [0.3, 0.4) is 0 Å². The number of pyridine rings is 1. The SMILES string of the molecule is COC(=O)c1cc2c(n3nnnc13)-c1ccc(OC)cc1CC2. The molecule has 2 heterocycles. The molecule has 0 fully saturated rings. The molecule has 116 valence electrons. The molecular formula is C16H14N4O3. The van der Waals surface area contributed by atoms with Crippen LogP contribution in [0.4, 0.5) is 0 Å². The number of tetrazole rings is 1. The van der Waals surface area contributed by atoms with Crippen LogP contribution in [0, 0.1) is 0 Å². The Hall–Kier alpha value is -2.96. The van der Waals surface area contributed by atoms with Gasteiger partial charge in [-0.15, -0.1) is 5.10 Å². The summed E-state index contributed by atoms with van der Waals surface area (Å²) in [5, 5.41) is 11.8. The zero-order valence-electron chi connectivity index (χ0n) is 12.7. The zero-order chi connectivity index (χ0) is 16.0. The van der Waals surface area contributed by atoms with E-state index in [2.05, 4.69) is 15.5 Å². The van der Waals surface area contributed by atoms with E-state index in [1.54, 1.807) is 11.6 Å². The minimum absolute atomic E-state index is 0.383. The molecule has 0 spiro atoms. The summed E-state index contributed by atoms with van der Waals surface area (Å²) in [5.74, 6) is 0.388. The van der Waals surface area contributed by atoms with Gasteiger partial charge in [-0.2, -0.15) is 4.52 Å². The van der Waals surface area contributed by atoms with Crippen molar-refractivity contribution in [2.75, 3.05) is 14.2 Å². The van der Waals surface area contributed by atoms with Gasteiger partial charge in [-0.3, -0.25) is 0 Å². The number of carbonyl (C=O) groups excluding carboxylic acids is 1. The lowest BCUT2D eigenvalue weighted by atomic mass is 9.88. The zero-order valence-corrected chi connectivity index (χ0v) is 12.7. The number of carbonyl (C=O) groups is 1. The molecule has 1 aromatic carbocycles. The van der Waals surface area contributed by atoms with Crippen molar-refractivity contribution in [2.24, 2.45) is 0 Å². The van der Waals surface area contributed by atoms with Crippen molar-refractivity contribution < 1.29 is 14.3 Å². The number of esters is 1. The number of nitrogens with zero attached hydrogens (tertiary/aromatic N) is 4. The highest BCUT2D eigenvalue weighted by atomic mass is 16.5. The first-order valence-corrected chi connectivity index (χ1v) is 7.22. The van der Waals surface area contributed by atoms with Crippen LogP contribution in [0.25, 0.3) is 16.9 Å². The van der Waals surface area contributed by atoms with E-state index in [1.165, 1.54) is 12.7 Å². The maximum atomic E-state index is 12.0. The van der Waals surface area contributed by atoms with Crippen molar-refractivity contribution in [1.82, 2.24) is 20.0 Å². The van der Waals surface area contributed by atoms with E-state index in [9.17, 15) is 4.79 Å². The Bertz CT molecular complexity index is 932. The molecule has 1 aliphatic rings. The molecule has 0 aliphatic heterocycles. The molecule has 1 aliphatic carbocycles. The van der Waals surface area contributed by atoms with Crippen molar-refractivity contribution in [1.29, 1.82) is 0 Å². The number of fused-ring (bicyclic) bond motifs is 5. The fourth-order valence-corrected chi connectivity index (χ4v) is 3.09. The monoisotopic (exact) mass is 310 g/mol. The van der Waals surface area contributed by atoms with E-state index < -0.39 is 5.97 Å². The van der Waals surface area contributed by atoms with Gasteiger partial charge in [-0.05, 0) is 58.7 Å². The Morgan fingerprint density at radius 1 is 1.17 bits per heavy atom. The van der Waals surface area contributed by atoms with E-state index in [4.69, 9.17) is 9.47 Å². The molecule has 0 saturated heterocycles.